The van der Waals surface area contributed by atoms with E-state index in [1.54, 1.807) is 19.0 Å². The Kier molecular flexibility index (Phi) is 11.4. The highest BCUT2D eigenvalue weighted by Crippen LogP contribution is 2.15. The molecule has 0 bridgehead atoms. The molecule has 2 atom stereocenters. The fraction of sp³-hybridized carbons (Fsp3) is 0.900. The average Bonchev–Trinajstić information content (AvgIpc) is 3.09. The number of ether oxygens (including phenoxy) is 1. The number of aliphatic imine (C=N–C) groups is 1. The first-order valence-corrected chi connectivity index (χ1v) is 10.5. The molecule has 1 fully saturated rings. The first-order chi connectivity index (χ1) is 12.9. The number of carbonyl (C=O) groups excluding carboxylic acids is 1. The molecule has 1 aliphatic rings. The lowest BCUT2D eigenvalue weighted by molar-refractivity contribution is -0.127. The normalized spacial score (nSPS) is 19.4. The van der Waals surface area contributed by atoms with Gasteiger partial charge in [-0.15, -0.1) is 0 Å². The number of carbonyl (C=O) groups is 1. The molecule has 0 aliphatic carbocycles. The van der Waals surface area contributed by atoms with E-state index >= 15 is 0 Å². The molecule has 0 aromatic heterocycles. The second-order valence-corrected chi connectivity index (χ2v) is 7.71. The van der Waals surface area contributed by atoms with Crippen molar-refractivity contribution in [3.63, 3.8) is 0 Å². The molecule has 0 radical (unpaired) electrons. The number of nitrogens with zero attached hydrogens (tertiary/aromatic N) is 3. The van der Waals surface area contributed by atoms with Gasteiger partial charge in [0.2, 0.25) is 5.91 Å². The summed E-state index contributed by atoms with van der Waals surface area (Å²) in [4.78, 5) is 20.5. The standard InChI is InChI=1S/C20H41N5O2/c1-7-25-13-9-10-17(25)14-22-20(23-15-19(26)24(5)6)21-12-11-18(16(3)4)27-8-2/h16-18H,7-15H2,1-6H3,(H2,21,22,23). The lowest BCUT2D eigenvalue weighted by Gasteiger charge is -2.25. The Hall–Kier alpha value is -1.34. The maximum atomic E-state index is 11.9. The molecule has 158 valence electrons. The summed E-state index contributed by atoms with van der Waals surface area (Å²) in [6.45, 7) is 13.4. The fourth-order valence-electron chi connectivity index (χ4n) is 3.38. The molecule has 7 heteroatoms. The highest BCUT2D eigenvalue weighted by atomic mass is 16.5. The van der Waals surface area contributed by atoms with Crippen LogP contribution in [0.2, 0.25) is 0 Å². The molecule has 1 rings (SSSR count). The number of amides is 1. The van der Waals surface area contributed by atoms with Crippen LogP contribution < -0.4 is 10.6 Å². The number of hydrogen-bond donors (Lipinski definition) is 2. The van der Waals surface area contributed by atoms with Crippen LogP contribution >= 0.6 is 0 Å². The van der Waals surface area contributed by atoms with Gasteiger partial charge in [-0.3, -0.25) is 9.69 Å². The van der Waals surface area contributed by atoms with Crippen molar-refractivity contribution in [2.24, 2.45) is 10.9 Å². The van der Waals surface area contributed by atoms with Crippen molar-refractivity contribution in [1.82, 2.24) is 20.4 Å². The van der Waals surface area contributed by atoms with E-state index in [4.69, 9.17) is 4.74 Å². The average molecular weight is 384 g/mol. The number of likely N-dealkylation sites (tertiary alicyclic amines) is 1. The minimum atomic E-state index is 0.00141. The van der Waals surface area contributed by atoms with Crippen molar-refractivity contribution in [1.29, 1.82) is 0 Å². The fourth-order valence-corrected chi connectivity index (χ4v) is 3.38. The van der Waals surface area contributed by atoms with Crippen LogP contribution in [0.1, 0.15) is 47.0 Å². The topological polar surface area (TPSA) is 69.2 Å². The molecule has 0 aromatic carbocycles. The molecule has 0 saturated carbocycles. The van der Waals surface area contributed by atoms with Gasteiger partial charge in [-0.1, -0.05) is 20.8 Å². The zero-order chi connectivity index (χ0) is 20.2. The van der Waals surface area contributed by atoms with Gasteiger partial charge in [0.15, 0.2) is 5.96 Å². The summed E-state index contributed by atoms with van der Waals surface area (Å²) in [7, 11) is 3.51. The third-order valence-corrected chi connectivity index (χ3v) is 5.13. The van der Waals surface area contributed by atoms with Crippen molar-refractivity contribution in [2.45, 2.75) is 59.1 Å². The number of guanidine groups is 1. The molecular weight excluding hydrogens is 342 g/mol. The Balaban J connectivity index is 2.58. The summed E-state index contributed by atoms with van der Waals surface area (Å²) in [5, 5.41) is 6.83. The summed E-state index contributed by atoms with van der Waals surface area (Å²) in [5.41, 5.74) is 0. The first-order valence-electron chi connectivity index (χ1n) is 10.5. The van der Waals surface area contributed by atoms with Crippen LogP contribution in [0.25, 0.3) is 0 Å². The number of hydrogen-bond acceptors (Lipinski definition) is 4. The Morgan fingerprint density at radius 3 is 2.63 bits per heavy atom. The lowest BCUT2D eigenvalue weighted by atomic mass is 10.0. The van der Waals surface area contributed by atoms with Crippen LogP contribution in [0.15, 0.2) is 4.99 Å². The third kappa shape index (κ3) is 8.93. The molecule has 1 heterocycles. The minimum Gasteiger partial charge on any atom is -0.378 e. The largest absolute Gasteiger partial charge is 0.378 e. The van der Waals surface area contributed by atoms with Gasteiger partial charge in [0.05, 0.1) is 6.10 Å². The molecule has 0 spiro atoms. The zero-order valence-electron chi connectivity index (χ0n) is 18.3. The maximum Gasteiger partial charge on any atom is 0.243 e. The van der Waals surface area contributed by atoms with Gasteiger partial charge in [0.25, 0.3) is 0 Å². The van der Waals surface area contributed by atoms with E-state index in [1.807, 2.05) is 6.92 Å². The molecule has 1 aliphatic heterocycles. The van der Waals surface area contributed by atoms with Crippen molar-refractivity contribution >= 4 is 11.9 Å². The highest BCUT2D eigenvalue weighted by molar-refractivity contribution is 5.84. The molecular formula is C20H41N5O2. The summed E-state index contributed by atoms with van der Waals surface area (Å²) in [6, 6.07) is 0.540. The maximum absolute atomic E-state index is 11.9. The SMILES string of the molecule is CCOC(CCNC(=NCC(=O)N(C)C)NCC1CCCN1CC)C(C)C. The molecule has 7 nitrogen and oxygen atoms in total. The first kappa shape index (κ1) is 23.7. The number of nitrogens with one attached hydrogen (secondary N) is 2. The van der Waals surface area contributed by atoms with Crippen LogP contribution in [-0.4, -0.2) is 87.2 Å². The molecule has 0 aromatic rings. The molecule has 2 unspecified atom stereocenters. The number of likely N-dealkylation sites (N-methyl/N-ethyl adjacent to an activating group) is 2. The second-order valence-electron chi connectivity index (χ2n) is 7.71. The molecule has 27 heavy (non-hydrogen) atoms. The summed E-state index contributed by atoms with van der Waals surface area (Å²) >= 11 is 0. The third-order valence-electron chi connectivity index (χ3n) is 5.13. The second kappa shape index (κ2) is 12.9. The van der Waals surface area contributed by atoms with E-state index in [2.05, 4.69) is 41.3 Å². The summed E-state index contributed by atoms with van der Waals surface area (Å²) < 4.78 is 5.82. The molecule has 1 amide bonds. The van der Waals surface area contributed by atoms with Crippen LogP contribution in [0.4, 0.5) is 0 Å². The van der Waals surface area contributed by atoms with Crippen molar-refractivity contribution in [3.05, 3.63) is 0 Å². The summed E-state index contributed by atoms with van der Waals surface area (Å²) in [5.74, 6) is 1.20. The van der Waals surface area contributed by atoms with E-state index < -0.39 is 0 Å². The van der Waals surface area contributed by atoms with Crippen molar-refractivity contribution < 1.29 is 9.53 Å². The minimum absolute atomic E-state index is 0.00141. The zero-order valence-corrected chi connectivity index (χ0v) is 18.3. The highest BCUT2D eigenvalue weighted by Gasteiger charge is 2.23. The van der Waals surface area contributed by atoms with E-state index in [1.165, 1.54) is 19.4 Å². The Morgan fingerprint density at radius 1 is 1.30 bits per heavy atom. The van der Waals surface area contributed by atoms with Crippen molar-refractivity contribution in [3.8, 4) is 0 Å². The predicted octanol–water partition coefficient (Wildman–Crippen LogP) is 1.55. The van der Waals surface area contributed by atoms with E-state index in [9.17, 15) is 4.79 Å². The van der Waals surface area contributed by atoms with Gasteiger partial charge < -0.3 is 20.3 Å². The Morgan fingerprint density at radius 2 is 2.04 bits per heavy atom. The van der Waals surface area contributed by atoms with Gasteiger partial charge in [-0.25, -0.2) is 4.99 Å². The van der Waals surface area contributed by atoms with E-state index in [0.29, 0.717) is 17.9 Å². The van der Waals surface area contributed by atoms with Crippen LogP contribution in [0.5, 0.6) is 0 Å². The quantitative estimate of drug-likeness (QED) is 0.418. The summed E-state index contributed by atoms with van der Waals surface area (Å²) in [6.07, 6.45) is 3.62. The molecule has 2 N–H and O–H groups in total. The van der Waals surface area contributed by atoms with E-state index in [0.717, 1.165) is 32.7 Å². The predicted molar refractivity (Wildman–Crippen MR) is 112 cm³/mol. The van der Waals surface area contributed by atoms with Gasteiger partial charge >= 0.3 is 0 Å². The lowest BCUT2D eigenvalue weighted by Crippen LogP contribution is -2.46. The van der Waals surface area contributed by atoms with E-state index in [-0.39, 0.29) is 18.6 Å². The van der Waals surface area contributed by atoms with Gasteiger partial charge in [-0.05, 0) is 45.2 Å². The Labute approximate surface area is 165 Å². The smallest absolute Gasteiger partial charge is 0.243 e. The Bertz CT molecular complexity index is 454. The van der Waals surface area contributed by atoms with Crippen LogP contribution in [0.3, 0.4) is 0 Å². The molecule has 1 saturated heterocycles. The van der Waals surface area contributed by atoms with Crippen LogP contribution in [0, 0.1) is 5.92 Å². The van der Waals surface area contributed by atoms with Crippen LogP contribution in [-0.2, 0) is 9.53 Å². The van der Waals surface area contributed by atoms with Crippen molar-refractivity contribution in [2.75, 3.05) is 53.4 Å². The monoisotopic (exact) mass is 383 g/mol. The number of rotatable bonds is 11. The van der Waals surface area contributed by atoms with Gasteiger partial charge in [0.1, 0.15) is 6.54 Å². The van der Waals surface area contributed by atoms with Gasteiger partial charge in [-0.2, -0.15) is 0 Å². The van der Waals surface area contributed by atoms with Gasteiger partial charge in [0, 0.05) is 39.8 Å².